The smallest absolute Gasteiger partial charge is 0.347 e. The number of nitrogens with one attached hydrogen (secondary N) is 1. The summed E-state index contributed by atoms with van der Waals surface area (Å²) in [5.41, 5.74) is 0.774. The predicted octanol–water partition coefficient (Wildman–Crippen LogP) is 2.73. The van der Waals surface area contributed by atoms with E-state index in [0.29, 0.717) is 6.04 Å². The van der Waals surface area contributed by atoms with Crippen molar-refractivity contribution in [3.63, 3.8) is 0 Å². The molecule has 0 spiro atoms. The van der Waals surface area contributed by atoms with Gasteiger partial charge in [-0.15, -0.1) is 0 Å². The van der Waals surface area contributed by atoms with E-state index in [1.807, 2.05) is 37.4 Å². The molecule has 0 aliphatic carbocycles. The fraction of sp³-hybridized carbons (Fsp3) is 0.385. The van der Waals surface area contributed by atoms with Gasteiger partial charge in [0.2, 0.25) is 0 Å². The molecule has 1 aromatic rings. The Kier molecular flexibility index (Phi) is 3.42. The van der Waals surface area contributed by atoms with E-state index < -0.39 is 0 Å². The molecule has 1 unspecified atom stereocenters. The summed E-state index contributed by atoms with van der Waals surface area (Å²) in [5.74, 6) is 0.867. The summed E-state index contributed by atoms with van der Waals surface area (Å²) in [6.45, 7) is 2.14. The Labute approximate surface area is 101 Å². The maximum atomic E-state index is 11.7. The van der Waals surface area contributed by atoms with E-state index in [9.17, 15) is 4.79 Å². The van der Waals surface area contributed by atoms with Gasteiger partial charge in [0.1, 0.15) is 5.84 Å². The summed E-state index contributed by atoms with van der Waals surface area (Å²) in [7, 11) is 1.98. The third-order valence-electron chi connectivity index (χ3n) is 3.11. The average Bonchev–Trinajstić information content (AvgIpc) is 2.62. The molecule has 0 radical (unpaired) electrons. The van der Waals surface area contributed by atoms with Gasteiger partial charge >= 0.3 is 6.03 Å². The topological polar surface area (TPSA) is 44.7 Å². The van der Waals surface area contributed by atoms with Crippen molar-refractivity contribution in [3.8, 4) is 0 Å². The molecule has 1 N–H and O–H groups in total. The minimum atomic E-state index is -0.299. The number of benzene rings is 1. The third-order valence-corrected chi connectivity index (χ3v) is 3.11. The van der Waals surface area contributed by atoms with Gasteiger partial charge in [-0.1, -0.05) is 18.2 Å². The molecular weight excluding hydrogens is 214 g/mol. The average molecular weight is 231 g/mol. The number of carbonyl (C=O) groups excluding carboxylic acids is 1. The number of amides is 2. The standard InChI is InChI=1S/C13H17N3O/c1-10-8-9-12(16(10)2)15-13(17)14-11-6-4-3-5-7-11/h3-7,10H,8-9H2,1-2H3,(H,14,17). The highest BCUT2D eigenvalue weighted by molar-refractivity contribution is 6.00. The van der Waals surface area contributed by atoms with Gasteiger partial charge in [-0.25, -0.2) is 4.79 Å². The zero-order valence-corrected chi connectivity index (χ0v) is 10.2. The van der Waals surface area contributed by atoms with Crippen molar-refractivity contribution in [2.75, 3.05) is 12.4 Å². The van der Waals surface area contributed by atoms with E-state index in [1.165, 1.54) is 0 Å². The molecular formula is C13H17N3O. The lowest BCUT2D eigenvalue weighted by atomic mass is 10.2. The molecule has 4 nitrogen and oxygen atoms in total. The van der Waals surface area contributed by atoms with E-state index in [4.69, 9.17) is 0 Å². The van der Waals surface area contributed by atoms with Crippen molar-refractivity contribution in [1.29, 1.82) is 0 Å². The molecule has 2 rings (SSSR count). The summed E-state index contributed by atoms with van der Waals surface area (Å²) in [6, 6.07) is 9.54. The van der Waals surface area contributed by atoms with E-state index in [1.54, 1.807) is 0 Å². The number of aliphatic imine (C=N–C) groups is 1. The molecule has 0 bridgehead atoms. The second-order valence-electron chi connectivity index (χ2n) is 4.32. The van der Waals surface area contributed by atoms with Crippen LogP contribution in [0.1, 0.15) is 19.8 Å². The van der Waals surface area contributed by atoms with Crippen LogP contribution in [0.4, 0.5) is 10.5 Å². The van der Waals surface area contributed by atoms with Crippen molar-refractivity contribution in [1.82, 2.24) is 4.90 Å². The highest BCUT2D eigenvalue weighted by Crippen LogP contribution is 2.17. The van der Waals surface area contributed by atoms with E-state index in [2.05, 4.69) is 22.1 Å². The van der Waals surface area contributed by atoms with Crippen LogP contribution in [0.5, 0.6) is 0 Å². The van der Waals surface area contributed by atoms with Gasteiger partial charge < -0.3 is 10.2 Å². The Hall–Kier alpha value is -1.84. The summed E-state index contributed by atoms with van der Waals surface area (Å²) in [4.78, 5) is 17.9. The molecule has 1 heterocycles. The summed E-state index contributed by atoms with van der Waals surface area (Å²) >= 11 is 0. The molecule has 1 aliphatic heterocycles. The number of hydrogen-bond donors (Lipinski definition) is 1. The number of amidine groups is 1. The highest BCUT2D eigenvalue weighted by atomic mass is 16.2. The summed E-state index contributed by atoms with van der Waals surface area (Å²) in [5, 5.41) is 2.75. The second-order valence-corrected chi connectivity index (χ2v) is 4.32. The lowest BCUT2D eigenvalue weighted by Gasteiger charge is -2.17. The molecule has 1 fully saturated rings. The zero-order valence-electron chi connectivity index (χ0n) is 10.2. The lowest BCUT2D eigenvalue weighted by molar-refractivity contribution is 0.259. The molecule has 1 atom stereocenters. The van der Waals surface area contributed by atoms with Crippen molar-refractivity contribution in [2.45, 2.75) is 25.8 Å². The van der Waals surface area contributed by atoms with Crippen molar-refractivity contribution < 1.29 is 4.79 Å². The molecule has 1 saturated heterocycles. The first-order valence-corrected chi connectivity index (χ1v) is 5.83. The quantitative estimate of drug-likeness (QED) is 0.807. The molecule has 1 aliphatic rings. The maximum absolute atomic E-state index is 11.7. The number of hydrogen-bond acceptors (Lipinski definition) is 1. The van der Waals surface area contributed by atoms with Gasteiger partial charge in [0.25, 0.3) is 0 Å². The SMILES string of the molecule is CC1CCC(=NC(=O)Nc2ccccc2)N1C. The molecule has 2 amide bonds. The predicted molar refractivity (Wildman–Crippen MR) is 69.4 cm³/mol. The zero-order chi connectivity index (χ0) is 12.3. The van der Waals surface area contributed by atoms with E-state index >= 15 is 0 Å². The molecule has 1 aromatic carbocycles. The molecule has 0 saturated carbocycles. The summed E-state index contributed by atoms with van der Waals surface area (Å²) in [6.07, 6.45) is 1.94. The van der Waals surface area contributed by atoms with E-state index in [0.717, 1.165) is 24.4 Å². The van der Waals surface area contributed by atoms with Crippen molar-refractivity contribution in [3.05, 3.63) is 30.3 Å². The second kappa shape index (κ2) is 4.99. The number of urea groups is 1. The van der Waals surface area contributed by atoms with Gasteiger partial charge in [0, 0.05) is 25.2 Å². The Morgan fingerprint density at radius 3 is 2.71 bits per heavy atom. The lowest BCUT2D eigenvalue weighted by Crippen LogP contribution is -2.27. The Bertz CT molecular complexity index is 428. The van der Waals surface area contributed by atoms with Crippen molar-refractivity contribution in [2.24, 2.45) is 4.99 Å². The number of nitrogens with zero attached hydrogens (tertiary/aromatic N) is 2. The van der Waals surface area contributed by atoms with Gasteiger partial charge in [-0.2, -0.15) is 4.99 Å². The number of anilines is 1. The van der Waals surface area contributed by atoms with Gasteiger partial charge in [0.05, 0.1) is 0 Å². The largest absolute Gasteiger partial charge is 0.360 e. The van der Waals surface area contributed by atoms with Gasteiger partial charge in [-0.3, -0.25) is 0 Å². The number of likely N-dealkylation sites (tertiary alicyclic amines) is 1. The molecule has 90 valence electrons. The van der Waals surface area contributed by atoms with Crippen molar-refractivity contribution >= 4 is 17.6 Å². The van der Waals surface area contributed by atoms with Crippen LogP contribution >= 0.6 is 0 Å². The van der Waals surface area contributed by atoms with E-state index in [-0.39, 0.29) is 6.03 Å². The number of para-hydroxylation sites is 1. The normalized spacial score (nSPS) is 21.9. The minimum Gasteiger partial charge on any atom is -0.360 e. The monoisotopic (exact) mass is 231 g/mol. The van der Waals surface area contributed by atoms with Crippen LogP contribution in [-0.2, 0) is 0 Å². The first-order valence-electron chi connectivity index (χ1n) is 5.83. The maximum Gasteiger partial charge on any atom is 0.347 e. The number of carbonyl (C=O) groups is 1. The molecule has 0 aromatic heterocycles. The highest BCUT2D eigenvalue weighted by Gasteiger charge is 2.22. The third kappa shape index (κ3) is 2.84. The van der Waals surface area contributed by atoms with Crippen LogP contribution in [0.2, 0.25) is 0 Å². The first-order chi connectivity index (χ1) is 8.16. The van der Waals surface area contributed by atoms with Gasteiger partial charge in [0.15, 0.2) is 0 Å². The van der Waals surface area contributed by atoms with Crippen LogP contribution in [0.15, 0.2) is 35.3 Å². The van der Waals surface area contributed by atoms with Crippen LogP contribution < -0.4 is 5.32 Å². The molecule has 4 heteroatoms. The van der Waals surface area contributed by atoms with Gasteiger partial charge in [-0.05, 0) is 25.5 Å². The fourth-order valence-corrected chi connectivity index (χ4v) is 1.89. The Morgan fingerprint density at radius 1 is 1.41 bits per heavy atom. The first kappa shape index (κ1) is 11.6. The Morgan fingerprint density at radius 2 is 2.12 bits per heavy atom. The number of rotatable bonds is 1. The van der Waals surface area contributed by atoms with Crippen LogP contribution in [-0.4, -0.2) is 29.9 Å². The Balaban J connectivity index is 2.00. The van der Waals surface area contributed by atoms with Crippen LogP contribution in [0, 0.1) is 0 Å². The van der Waals surface area contributed by atoms with Crippen LogP contribution in [0.25, 0.3) is 0 Å². The summed E-state index contributed by atoms with van der Waals surface area (Å²) < 4.78 is 0. The molecule has 17 heavy (non-hydrogen) atoms. The van der Waals surface area contributed by atoms with Crippen LogP contribution in [0.3, 0.4) is 0 Å². The fourth-order valence-electron chi connectivity index (χ4n) is 1.89. The minimum absolute atomic E-state index is 0.299.